The molecule has 1 aromatic carbocycles. The SMILES string of the molecule is N/C(=C\c1c(N)[nH]c2c1C1(CC1)N(c1ncc(C3CCNCC3)cn1)CC2)c1ccccc1O. The fourth-order valence-corrected chi connectivity index (χ4v) is 5.75. The van der Waals surface area contributed by atoms with Crippen molar-refractivity contribution in [1.82, 2.24) is 20.3 Å². The van der Waals surface area contributed by atoms with Crippen molar-refractivity contribution in [3.8, 4) is 5.75 Å². The number of aromatic amines is 1. The quantitative estimate of drug-likeness (QED) is 0.407. The Bertz CT molecular complexity index is 1240. The summed E-state index contributed by atoms with van der Waals surface area (Å²) in [4.78, 5) is 15.4. The molecule has 0 atom stereocenters. The van der Waals surface area contributed by atoms with E-state index in [0.29, 0.717) is 23.0 Å². The molecule has 2 aromatic heterocycles. The Kier molecular flexibility index (Phi) is 4.99. The van der Waals surface area contributed by atoms with Gasteiger partial charge in [0.2, 0.25) is 5.95 Å². The van der Waals surface area contributed by atoms with E-state index in [1.165, 1.54) is 11.1 Å². The van der Waals surface area contributed by atoms with Crippen LogP contribution in [0.2, 0.25) is 0 Å². The normalized spacial score (nSPS) is 19.9. The van der Waals surface area contributed by atoms with Gasteiger partial charge in [-0.2, -0.15) is 0 Å². The summed E-state index contributed by atoms with van der Waals surface area (Å²) in [6.07, 6.45) is 11.1. The fraction of sp³-hybridized carbons (Fsp3) is 0.385. The number of phenols is 1. The van der Waals surface area contributed by atoms with Crippen molar-refractivity contribution < 1.29 is 5.11 Å². The van der Waals surface area contributed by atoms with E-state index >= 15 is 0 Å². The molecule has 0 amide bonds. The molecule has 2 fully saturated rings. The predicted molar refractivity (Wildman–Crippen MR) is 134 cm³/mol. The summed E-state index contributed by atoms with van der Waals surface area (Å²) in [5.41, 5.74) is 18.3. The van der Waals surface area contributed by atoms with Crippen LogP contribution in [0.15, 0.2) is 36.7 Å². The van der Waals surface area contributed by atoms with Crippen molar-refractivity contribution in [1.29, 1.82) is 0 Å². The monoisotopic (exact) mass is 457 g/mol. The Morgan fingerprint density at radius 3 is 2.59 bits per heavy atom. The summed E-state index contributed by atoms with van der Waals surface area (Å²) in [5, 5.41) is 13.7. The molecule has 1 spiro atoms. The smallest absolute Gasteiger partial charge is 0.226 e. The predicted octanol–water partition coefficient (Wildman–Crippen LogP) is 3.07. The largest absolute Gasteiger partial charge is 0.507 e. The fourth-order valence-electron chi connectivity index (χ4n) is 5.75. The molecule has 0 bridgehead atoms. The van der Waals surface area contributed by atoms with E-state index in [9.17, 15) is 5.11 Å². The number of H-pyrrole nitrogens is 1. The van der Waals surface area contributed by atoms with Crippen molar-refractivity contribution in [3.63, 3.8) is 0 Å². The number of aromatic hydroxyl groups is 1. The van der Waals surface area contributed by atoms with Crippen LogP contribution in [0.1, 0.15) is 59.5 Å². The minimum absolute atomic E-state index is 0.157. The summed E-state index contributed by atoms with van der Waals surface area (Å²) >= 11 is 0. The maximum atomic E-state index is 10.3. The molecule has 176 valence electrons. The molecule has 7 N–H and O–H groups in total. The zero-order valence-electron chi connectivity index (χ0n) is 19.2. The minimum atomic E-state index is -0.164. The maximum Gasteiger partial charge on any atom is 0.226 e. The number of piperidine rings is 1. The average molecular weight is 458 g/mol. The number of phenolic OH excluding ortho intramolecular Hbond substituents is 1. The van der Waals surface area contributed by atoms with E-state index in [-0.39, 0.29) is 11.3 Å². The third-order valence-electron chi connectivity index (χ3n) is 7.66. The van der Waals surface area contributed by atoms with E-state index in [2.05, 4.69) is 15.2 Å². The van der Waals surface area contributed by atoms with Crippen molar-refractivity contribution in [2.45, 2.75) is 43.6 Å². The first-order valence-corrected chi connectivity index (χ1v) is 12.1. The van der Waals surface area contributed by atoms with Gasteiger partial charge in [-0.25, -0.2) is 9.97 Å². The number of benzene rings is 1. The highest BCUT2D eigenvalue weighted by Crippen LogP contribution is 2.57. The van der Waals surface area contributed by atoms with E-state index in [1.54, 1.807) is 12.1 Å². The van der Waals surface area contributed by atoms with Crippen LogP contribution in [0.3, 0.4) is 0 Å². The molecule has 4 heterocycles. The number of para-hydroxylation sites is 1. The molecule has 3 aromatic rings. The number of anilines is 2. The molecule has 2 aliphatic heterocycles. The zero-order chi connectivity index (χ0) is 23.3. The third-order valence-corrected chi connectivity index (χ3v) is 7.66. The second kappa shape index (κ2) is 8.06. The lowest BCUT2D eigenvalue weighted by Crippen LogP contribution is -2.42. The molecule has 1 saturated carbocycles. The second-order valence-electron chi connectivity index (χ2n) is 9.70. The number of rotatable bonds is 4. The number of nitrogens with zero attached hydrogens (tertiary/aromatic N) is 3. The van der Waals surface area contributed by atoms with Gasteiger partial charge in [-0.3, -0.25) is 0 Å². The Morgan fingerprint density at radius 1 is 1.15 bits per heavy atom. The van der Waals surface area contributed by atoms with Crippen LogP contribution in [-0.2, 0) is 12.0 Å². The zero-order valence-corrected chi connectivity index (χ0v) is 19.2. The van der Waals surface area contributed by atoms with Gasteiger partial charge in [0.1, 0.15) is 11.6 Å². The molecule has 1 saturated heterocycles. The van der Waals surface area contributed by atoms with Crippen LogP contribution < -0.4 is 21.7 Å². The van der Waals surface area contributed by atoms with Crippen LogP contribution in [0.25, 0.3) is 11.8 Å². The standard InChI is InChI=1S/C26H31N7O/c27-20(18-3-1-2-4-22(18)34)13-19-23-21(32-24(19)28)7-12-33(26(23)8-9-26)25-30-14-17(15-31-25)16-5-10-29-11-6-16/h1-4,13-16,29,32,34H,5-12,27-28H2/b20-13-. The van der Waals surface area contributed by atoms with E-state index in [4.69, 9.17) is 21.4 Å². The molecule has 8 nitrogen and oxygen atoms in total. The summed E-state index contributed by atoms with van der Waals surface area (Å²) in [6, 6.07) is 7.10. The van der Waals surface area contributed by atoms with Crippen LogP contribution in [0.5, 0.6) is 5.75 Å². The first-order chi connectivity index (χ1) is 16.6. The Hall–Kier alpha value is -3.52. The number of aromatic nitrogens is 3. The van der Waals surface area contributed by atoms with Gasteiger partial charge in [0, 0.05) is 53.4 Å². The lowest BCUT2D eigenvalue weighted by Gasteiger charge is -2.37. The topological polar surface area (TPSA) is 129 Å². The minimum Gasteiger partial charge on any atom is -0.507 e. The number of nitrogens with one attached hydrogen (secondary N) is 2. The number of nitrogen functional groups attached to an aromatic ring is 1. The van der Waals surface area contributed by atoms with Gasteiger partial charge in [0.05, 0.1) is 5.54 Å². The van der Waals surface area contributed by atoms with Crippen LogP contribution >= 0.6 is 0 Å². The Morgan fingerprint density at radius 2 is 1.88 bits per heavy atom. The lowest BCUT2D eigenvalue weighted by molar-refractivity contribution is 0.458. The molecule has 6 rings (SSSR count). The van der Waals surface area contributed by atoms with Gasteiger partial charge in [-0.1, -0.05) is 12.1 Å². The van der Waals surface area contributed by atoms with E-state index < -0.39 is 0 Å². The highest BCUT2D eigenvalue weighted by molar-refractivity contribution is 5.87. The molecule has 0 unspecified atom stereocenters. The lowest BCUT2D eigenvalue weighted by atomic mass is 9.91. The molecule has 3 aliphatic rings. The van der Waals surface area contributed by atoms with E-state index in [0.717, 1.165) is 68.9 Å². The third kappa shape index (κ3) is 3.40. The van der Waals surface area contributed by atoms with Gasteiger partial charge in [-0.15, -0.1) is 0 Å². The first-order valence-electron chi connectivity index (χ1n) is 12.1. The highest BCUT2D eigenvalue weighted by atomic mass is 16.3. The Labute approximate surface area is 199 Å². The molecule has 8 heteroatoms. The first kappa shape index (κ1) is 21.0. The summed E-state index contributed by atoms with van der Waals surface area (Å²) in [7, 11) is 0. The van der Waals surface area contributed by atoms with Crippen LogP contribution in [0, 0.1) is 0 Å². The average Bonchev–Trinajstić information content (AvgIpc) is 3.57. The van der Waals surface area contributed by atoms with Crippen molar-refractivity contribution in [3.05, 3.63) is 64.6 Å². The van der Waals surface area contributed by atoms with Crippen LogP contribution in [0.4, 0.5) is 11.8 Å². The molecule has 34 heavy (non-hydrogen) atoms. The van der Waals surface area contributed by atoms with Gasteiger partial charge in [-0.05, 0) is 68.5 Å². The molecular weight excluding hydrogens is 426 g/mol. The molecule has 1 aliphatic carbocycles. The summed E-state index contributed by atoms with van der Waals surface area (Å²) < 4.78 is 0. The van der Waals surface area contributed by atoms with Crippen LogP contribution in [-0.4, -0.2) is 39.7 Å². The summed E-state index contributed by atoms with van der Waals surface area (Å²) in [5.74, 6) is 2.09. The number of nitrogens with two attached hydrogens (primary N) is 2. The van der Waals surface area contributed by atoms with Gasteiger partial charge >= 0.3 is 0 Å². The second-order valence-corrected chi connectivity index (χ2v) is 9.70. The highest BCUT2D eigenvalue weighted by Gasteiger charge is 2.55. The molecule has 0 radical (unpaired) electrons. The van der Waals surface area contributed by atoms with Crippen molar-refractivity contribution >= 4 is 23.5 Å². The van der Waals surface area contributed by atoms with Gasteiger partial charge < -0.3 is 31.8 Å². The number of hydrogen-bond acceptors (Lipinski definition) is 7. The van der Waals surface area contributed by atoms with Gasteiger partial charge in [0.15, 0.2) is 0 Å². The van der Waals surface area contributed by atoms with E-state index in [1.807, 2.05) is 30.6 Å². The summed E-state index contributed by atoms with van der Waals surface area (Å²) in [6.45, 7) is 2.96. The van der Waals surface area contributed by atoms with Crippen molar-refractivity contribution in [2.24, 2.45) is 5.73 Å². The number of fused-ring (bicyclic) bond motifs is 2. The maximum absolute atomic E-state index is 10.3. The van der Waals surface area contributed by atoms with Crippen molar-refractivity contribution in [2.75, 3.05) is 30.3 Å². The van der Waals surface area contributed by atoms with Gasteiger partial charge in [0.25, 0.3) is 0 Å². The number of hydrogen-bond donors (Lipinski definition) is 5. The molecular formula is C26H31N7O. The Balaban J connectivity index is 1.34.